The van der Waals surface area contributed by atoms with Gasteiger partial charge in [-0.25, -0.2) is 0 Å². The standard InChI is InChI=1S/C17H33NO2/c1-13(2)16-7-6-14(3)11-17(16)20-10-8-18-12-15-5-4-9-19-15/h13-18H,4-12H2,1-3H3. The van der Waals surface area contributed by atoms with Crippen LogP contribution in [0.25, 0.3) is 0 Å². The molecule has 2 fully saturated rings. The van der Waals surface area contributed by atoms with Crippen LogP contribution < -0.4 is 5.32 Å². The van der Waals surface area contributed by atoms with Crippen molar-refractivity contribution in [1.82, 2.24) is 5.32 Å². The SMILES string of the molecule is CC1CCC(C(C)C)C(OCCNCC2CCCO2)C1. The molecule has 4 unspecified atom stereocenters. The van der Waals surface area contributed by atoms with Gasteiger partial charge in [-0.2, -0.15) is 0 Å². The predicted octanol–water partition coefficient (Wildman–Crippen LogP) is 3.23. The van der Waals surface area contributed by atoms with E-state index >= 15 is 0 Å². The Balaban J connectivity index is 1.60. The maximum Gasteiger partial charge on any atom is 0.0700 e. The molecule has 0 radical (unpaired) electrons. The second-order valence-electron chi connectivity index (χ2n) is 7.07. The molecular weight excluding hydrogens is 250 g/mol. The van der Waals surface area contributed by atoms with Gasteiger partial charge in [0.15, 0.2) is 0 Å². The molecule has 2 rings (SSSR count). The summed E-state index contributed by atoms with van der Waals surface area (Å²) in [7, 11) is 0. The summed E-state index contributed by atoms with van der Waals surface area (Å²) in [5.41, 5.74) is 0. The van der Waals surface area contributed by atoms with Gasteiger partial charge in [-0.1, -0.05) is 27.2 Å². The van der Waals surface area contributed by atoms with E-state index in [1.54, 1.807) is 0 Å². The van der Waals surface area contributed by atoms with Crippen LogP contribution in [0.15, 0.2) is 0 Å². The molecule has 20 heavy (non-hydrogen) atoms. The lowest BCUT2D eigenvalue weighted by Gasteiger charge is -2.37. The molecule has 1 saturated carbocycles. The summed E-state index contributed by atoms with van der Waals surface area (Å²) in [5, 5.41) is 3.47. The molecule has 0 aromatic heterocycles. The summed E-state index contributed by atoms with van der Waals surface area (Å²) in [6.07, 6.45) is 7.31. The molecule has 1 aliphatic carbocycles. The molecule has 2 aliphatic rings. The van der Waals surface area contributed by atoms with E-state index in [-0.39, 0.29) is 0 Å². The van der Waals surface area contributed by atoms with Crippen molar-refractivity contribution < 1.29 is 9.47 Å². The Morgan fingerprint density at radius 2 is 2.10 bits per heavy atom. The molecule has 0 bridgehead atoms. The topological polar surface area (TPSA) is 30.5 Å². The lowest BCUT2D eigenvalue weighted by molar-refractivity contribution is -0.0371. The summed E-state index contributed by atoms with van der Waals surface area (Å²) in [6, 6.07) is 0. The van der Waals surface area contributed by atoms with Gasteiger partial charge in [-0.15, -0.1) is 0 Å². The monoisotopic (exact) mass is 283 g/mol. The van der Waals surface area contributed by atoms with Crippen LogP contribution in [0.3, 0.4) is 0 Å². The average Bonchev–Trinajstić information content (AvgIpc) is 2.91. The minimum Gasteiger partial charge on any atom is -0.377 e. The summed E-state index contributed by atoms with van der Waals surface area (Å²) in [6.45, 7) is 10.8. The second kappa shape index (κ2) is 8.35. The van der Waals surface area contributed by atoms with Gasteiger partial charge in [-0.05, 0) is 43.4 Å². The van der Waals surface area contributed by atoms with Crippen molar-refractivity contribution in [3.63, 3.8) is 0 Å². The van der Waals surface area contributed by atoms with Crippen LogP contribution in [0.5, 0.6) is 0 Å². The van der Waals surface area contributed by atoms with E-state index in [1.165, 1.54) is 32.1 Å². The van der Waals surface area contributed by atoms with Crippen LogP contribution in [0, 0.1) is 17.8 Å². The van der Waals surface area contributed by atoms with E-state index in [9.17, 15) is 0 Å². The van der Waals surface area contributed by atoms with Crippen LogP contribution >= 0.6 is 0 Å². The van der Waals surface area contributed by atoms with Gasteiger partial charge in [0.25, 0.3) is 0 Å². The zero-order chi connectivity index (χ0) is 14.4. The number of hydrogen-bond donors (Lipinski definition) is 1. The minimum absolute atomic E-state index is 0.438. The van der Waals surface area contributed by atoms with Crippen LogP contribution in [-0.2, 0) is 9.47 Å². The maximum absolute atomic E-state index is 6.19. The third kappa shape index (κ3) is 5.01. The Bertz CT molecular complexity index is 264. The highest BCUT2D eigenvalue weighted by molar-refractivity contribution is 4.81. The van der Waals surface area contributed by atoms with Crippen LogP contribution in [0.4, 0.5) is 0 Å². The summed E-state index contributed by atoms with van der Waals surface area (Å²) >= 11 is 0. The fourth-order valence-electron chi connectivity index (χ4n) is 3.66. The first-order chi connectivity index (χ1) is 9.66. The average molecular weight is 283 g/mol. The molecule has 1 heterocycles. The van der Waals surface area contributed by atoms with E-state index in [0.717, 1.165) is 44.1 Å². The highest BCUT2D eigenvalue weighted by Gasteiger charge is 2.31. The Morgan fingerprint density at radius 1 is 1.25 bits per heavy atom. The summed E-state index contributed by atoms with van der Waals surface area (Å²) in [4.78, 5) is 0. The van der Waals surface area contributed by atoms with E-state index < -0.39 is 0 Å². The molecule has 1 N–H and O–H groups in total. The van der Waals surface area contributed by atoms with Crippen molar-refractivity contribution in [2.45, 2.75) is 65.1 Å². The van der Waals surface area contributed by atoms with Crippen molar-refractivity contribution in [2.24, 2.45) is 17.8 Å². The smallest absolute Gasteiger partial charge is 0.0700 e. The van der Waals surface area contributed by atoms with E-state index in [4.69, 9.17) is 9.47 Å². The summed E-state index contributed by atoms with van der Waals surface area (Å²) < 4.78 is 11.8. The van der Waals surface area contributed by atoms with Crippen molar-refractivity contribution in [2.75, 3.05) is 26.3 Å². The molecule has 3 nitrogen and oxygen atoms in total. The lowest BCUT2D eigenvalue weighted by atomic mass is 9.75. The fraction of sp³-hybridized carbons (Fsp3) is 1.00. The van der Waals surface area contributed by atoms with Crippen molar-refractivity contribution in [3.05, 3.63) is 0 Å². The maximum atomic E-state index is 6.19. The summed E-state index contributed by atoms with van der Waals surface area (Å²) in [5.74, 6) is 2.33. The largest absolute Gasteiger partial charge is 0.377 e. The van der Waals surface area contributed by atoms with Crippen LogP contribution in [0.1, 0.15) is 52.9 Å². The van der Waals surface area contributed by atoms with Gasteiger partial charge >= 0.3 is 0 Å². The third-order valence-electron chi connectivity index (χ3n) is 4.97. The third-order valence-corrected chi connectivity index (χ3v) is 4.97. The zero-order valence-corrected chi connectivity index (χ0v) is 13.6. The molecule has 0 aromatic carbocycles. The predicted molar refractivity (Wildman–Crippen MR) is 82.9 cm³/mol. The van der Waals surface area contributed by atoms with Crippen LogP contribution in [-0.4, -0.2) is 38.5 Å². The number of hydrogen-bond acceptors (Lipinski definition) is 3. The van der Waals surface area contributed by atoms with E-state index in [0.29, 0.717) is 12.2 Å². The van der Waals surface area contributed by atoms with E-state index in [2.05, 4.69) is 26.1 Å². The normalized spacial score (nSPS) is 34.8. The first kappa shape index (κ1) is 16.3. The first-order valence-corrected chi connectivity index (χ1v) is 8.60. The Kier molecular flexibility index (Phi) is 6.79. The highest BCUT2D eigenvalue weighted by Crippen LogP contribution is 2.35. The number of rotatable bonds is 7. The van der Waals surface area contributed by atoms with Gasteiger partial charge in [0.05, 0.1) is 18.8 Å². The van der Waals surface area contributed by atoms with Gasteiger partial charge < -0.3 is 14.8 Å². The Hall–Kier alpha value is -0.120. The van der Waals surface area contributed by atoms with Gasteiger partial charge in [0.2, 0.25) is 0 Å². The number of nitrogens with one attached hydrogen (secondary N) is 1. The van der Waals surface area contributed by atoms with Gasteiger partial charge in [0, 0.05) is 19.7 Å². The molecule has 0 amide bonds. The van der Waals surface area contributed by atoms with Crippen molar-refractivity contribution >= 4 is 0 Å². The highest BCUT2D eigenvalue weighted by atomic mass is 16.5. The molecular formula is C17H33NO2. The number of ether oxygens (including phenoxy) is 2. The molecule has 0 spiro atoms. The van der Waals surface area contributed by atoms with Gasteiger partial charge in [-0.3, -0.25) is 0 Å². The van der Waals surface area contributed by atoms with Crippen molar-refractivity contribution in [1.29, 1.82) is 0 Å². The lowest BCUT2D eigenvalue weighted by Crippen LogP contribution is -2.36. The van der Waals surface area contributed by atoms with Crippen LogP contribution in [0.2, 0.25) is 0 Å². The zero-order valence-electron chi connectivity index (χ0n) is 13.6. The van der Waals surface area contributed by atoms with Crippen molar-refractivity contribution in [3.8, 4) is 0 Å². The molecule has 4 atom stereocenters. The first-order valence-electron chi connectivity index (χ1n) is 8.60. The Labute approximate surface area is 124 Å². The Morgan fingerprint density at radius 3 is 2.80 bits per heavy atom. The minimum atomic E-state index is 0.438. The molecule has 1 aliphatic heterocycles. The molecule has 0 aromatic rings. The molecule has 3 heteroatoms. The fourth-order valence-corrected chi connectivity index (χ4v) is 3.66. The van der Waals surface area contributed by atoms with E-state index in [1.807, 2.05) is 0 Å². The quantitative estimate of drug-likeness (QED) is 0.728. The molecule has 1 saturated heterocycles. The van der Waals surface area contributed by atoms with Gasteiger partial charge in [0.1, 0.15) is 0 Å². The molecule has 118 valence electrons. The second-order valence-corrected chi connectivity index (χ2v) is 7.07.